The second kappa shape index (κ2) is 4.64. The maximum Gasteiger partial charge on any atom is 0.323 e. The highest BCUT2D eigenvalue weighted by Gasteiger charge is 2.27. The van der Waals surface area contributed by atoms with Crippen LogP contribution in [0.25, 0.3) is 0 Å². The van der Waals surface area contributed by atoms with Gasteiger partial charge in [-0.2, -0.15) is 0 Å². The molecule has 2 aliphatic rings. The minimum atomic E-state index is -0.750. The van der Waals surface area contributed by atoms with Gasteiger partial charge in [0.1, 0.15) is 12.4 Å². The van der Waals surface area contributed by atoms with E-state index < -0.39 is 5.97 Å². The standard InChI is InChI=1S/C11H18N2O2/c14-10(15)8-13-7-6-12-11(13)9-4-2-1-3-5-9/h9H,1-8H2,(H,14,15). The van der Waals surface area contributed by atoms with Crippen LogP contribution in [0, 0.1) is 5.92 Å². The van der Waals surface area contributed by atoms with E-state index in [1.54, 1.807) is 0 Å². The molecule has 0 aromatic rings. The van der Waals surface area contributed by atoms with Crippen LogP contribution in [-0.2, 0) is 4.79 Å². The number of rotatable bonds is 3. The summed E-state index contributed by atoms with van der Waals surface area (Å²) in [7, 11) is 0. The summed E-state index contributed by atoms with van der Waals surface area (Å²) in [6.07, 6.45) is 6.24. The molecule has 4 heteroatoms. The van der Waals surface area contributed by atoms with Crippen molar-refractivity contribution in [2.45, 2.75) is 32.1 Å². The number of aliphatic imine (C=N–C) groups is 1. The molecule has 2 rings (SSSR count). The van der Waals surface area contributed by atoms with Crippen molar-refractivity contribution in [3.8, 4) is 0 Å². The fourth-order valence-corrected chi connectivity index (χ4v) is 2.57. The third-order valence-electron chi connectivity index (χ3n) is 3.26. The van der Waals surface area contributed by atoms with E-state index >= 15 is 0 Å². The molecule has 84 valence electrons. The number of hydrogen-bond donors (Lipinski definition) is 1. The fraction of sp³-hybridized carbons (Fsp3) is 0.818. The zero-order chi connectivity index (χ0) is 10.7. The number of carbonyl (C=O) groups is 1. The fourth-order valence-electron chi connectivity index (χ4n) is 2.57. The van der Waals surface area contributed by atoms with Crippen LogP contribution in [0.3, 0.4) is 0 Å². The van der Waals surface area contributed by atoms with Crippen LogP contribution in [-0.4, -0.2) is 41.4 Å². The van der Waals surface area contributed by atoms with Crippen molar-refractivity contribution in [3.05, 3.63) is 0 Å². The Bertz CT molecular complexity index is 270. The summed E-state index contributed by atoms with van der Waals surface area (Å²) in [6, 6.07) is 0. The van der Waals surface area contributed by atoms with E-state index in [1.807, 2.05) is 4.90 Å². The van der Waals surface area contributed by atoms with Gasteiger partial charge >= 0.3 is 5.97 Å². The summed E-state index contributed by atoms with van der Waals surface area (Å²) in [5, 5.41) is 8.79. The number of carboxylic acid groups (broad SMARTS) is 1. The van der Waals surface area contributed by atoms with Crippen LogP contribution in [0.1, 0.15) is 32.1 Å². The van der Waals surface area contributed by atoms with Gasteiger partial charge in [-0.05, 0) is 12.8 Å². The quantitative estimate of drug-likeness (QED) is 0.765. The predicted molar refractivity (Wildman–Crippen MR) is 58.1 cm³/mol. The van der Waals surface area contributed by atoms with Gasteiger partial charge in [0.2, 0.25) is 0 Å². The van der Waals surface area contributed by atoms with Crippen molar-refractivity contribution < 1.29 is 9.90 Å². The highest BCUT2D eigenvalue weighted by Crippen LogP contribution is 2.27. The average molecular weight is 210 g/mol. The molecule has 1 N–H and O–H groups in total. The van der Waals surface area contributed by atoms with Crippen molar-refractivity contribution >= 4 is 11.8 Å². The van der Waals surface area contributed by atoms with Gasteiger partial charge in [0.05, 0.1) is 6.54 Å². The zero-order valence-electron chi connectivity index (χ0n) is 8.98. The smallest absolute Gasteiger partial charge is 0.323 e. The van der Waals surface area contributed by atoms with E-state index in [1.165, 1.54) is 32.1 Å². The number of nitrogens with zero attached hydrogens (tertiary/aromatic N) is 2. The van der Waals surface area contributed by atoms with Crippen molar-refractivity contribution in [3.63, 3.8) is 0 Å². The first-order chi connectivity index (χ1) is 7.27. The number of carboxylic acids is 1. The summed E-state index contributed by atoms with van der Waals surface area (Å²) < 4.78 is 0. The third-order valence-corrected chi connectivity index (χ3v) is 3.26. The van der Waals surface area contributed by atoms with Crippen molar-refractivity contribution in [2.75, 3.05) is 19.6 Å². The van der Waals surface area contributed by atoms with Crippen LogP contribution in [0.4, 0.5) is 0 Å². The number of hydrogen-bond acceptors (Lipinski definition) is 3. The molecule has 0 spiro atoms. The molecule has 1 aliphatic carbocycles. The first-order valence-electron chi connectivity index (χ1n) is 5.78. The van der Waals surface area contributed by atoms with Crippen LogP contribution in [0.15, 0.2) is 4.99 Å². The molecule has 1 saturated carbocycles. The normalized spacial score (nSPS) is 22.9. The van der Waals surface area contributed by atoms with Crippen LogP contribution in [0.2, 0.25) is 0 Å². The van der Waals surface area contributed by atoms with E-state index in [2.05, 4.69) is 4.99 Å². The molecule has 0 unspecified atom stereocenters. The van der Waals surface area contributed by atoms with Gasteiger partial charge in [0.15, 0.2) is 0 Å². The first kappa shape index (κ1) is 10.5. The molecule has 0 aromatic heterocycles. The van der Waals surface area contributed by atoms with Crippen LogP contribution in [0.5, 0.6) is 0 Å². The lowest BCUT2D eigenvalue weighted by Gasteiger charge is -2.27. The largest absolute Gasteiger partial charge is 0.480 e. The number of aliphatic carboxylic acids is 1. The van der Waals surface area contributed by atoms with Gasteiger partial charge in [0.25, 0.3) is 0 Å². The highest BCUT2D eigenvalue weighted by atomic mass is 16.4. The Morgan fingerprint density at radius 1 is 1.40 bits per heavy atom. The lowest BCUT2D eigenvalue weighted by Crippen LogP contribution is -2.37. The predicted octanol–water partition coefficient (Wildman–Crippen LogP) is 1.37. The lowest BCUT2D eigenvalue weighted by molar-refractivity contribution is -0.137. The maximum absolute atomic E-state index is 10.7. The molecule has 0 bridgehead atoms. The Balaban J connectivity index is 1.96. The van der Waals surface area contributed by atoms with Crippen molar-refractivity contribution in [2.24, 2.45) is 10.9 Å². The van der Waals surface area contributed by atoms with E-state index in [9.17, 15) is 4.79 Å². The summed E-state index contributed by atoms with van der Waals surface area (Å²) in [5.41, 5.74) is 0. The molecule has 0 saturated heterocycles. The Kier molecular flexibility index (Phi) is 3.23. The molecular weight excluding hydrogens is 192 g/mol. The third kappa shape index (κ3) is 2.49. The molecule has 1 heterocycles. The summed E-state index contributed by atoms with van der Waals surface area (Å²) in [4.78, 5) is 17.1. The molecule has 0 aromatic carbocycles. The van der Waals surface area contributed by atoms with E-state index in [-0.39, 0.29) is 6.54 Å². The zero-order valence-corrected chi connectivity index (χ0v) is 8.98. The van der Waals surface area contributed by atoms with Gasteiger partial charge in [-0.1, -0.05) is 19.3 Å². The Morgan fingerprint density at radius 3 is 2.80 bits per heavy atom. The number of amidine groups is 1. The summed E-state index contributed by atoms with van der Waals surface area (Å²) >= 11 is 0. The topological polar surface area (TPSA) is 52.9 Å². The minimum Gasteiger partial charge on any atom is -0.480 e. The Hall–Kier alpha value is -1.06. The molecule has 1 aliphatic heterocycles. The summed E-state index contributed by atoms with van der Waals surface area (Å²) in [6.45, 7) is 1.69. The highest BCUT2D eigenvalue weighted by molar-refractivity contribution is 5.88. The monoisotopic (exact) mass is 210 g/mol. The molecule has 0 amide bonds. The van der Waals surface area contributed by atoms with Gasteiger partial charge in [-0.25, -0.2) is 0 Å². The van der Waals surface area contributed by atoms with Gasteiger partial charge < -0.3 is 10.0 Å². The van der Waals surface area contributed by atoms with Crippen molar-refractivity contribution in [1.29, 1.82) is 0 Å². The Morgan fingerprint density at radius 2 is 2.13 bits per heavy atom. The molecular formula is C11H18N2O2. The SMILES string of the molecule is O=C(O)CN1CCN=C1C1CCCCC1. The minimum absolute atomic E-state index is 0.120. The van der Waals surface area contributed by atoms with Crippen LogP contribution < -0.4 is 0 Å². The van der Waals surface area contributed by atoms with Crippen LogP contribution >= 0.6 is 0 Å². The lowest BCUT2D eigenvalue weighted by atomic mass is 9.88. The average Bonchev–Trinajstić information content (AvgIpc) is 2.66. The van der Waals surface area contributed by atoms with Gasteiger partial charge in [-0.3, -0.25) is 9.79 Å². The summed E-state index contributed by atoms with van der Waals surface area (Å²) in [5.74, 6) is 0.845. The maximum atomic E-state index is 10.7. The van der Waals surface area contributed by atoms with E-state index in [0.29, 0.717) is 5.92 Å². The molecule has 4 nitrogen and oxygen atoms in total. The molecule has 0 atom stereocenters. The van der Waals surface area contributed by atoms with E-state index in [0.717, 1.165) is 18.9 Å². The first-order valence-corrected chi connectivity index (χ1v) is 5.78. The molecule has 15 heavy (non-hydrogen) atoms. The van der Waals surface area contributed by atoms with Crippen molar-refractivity contribution in [1.82, 2.24) is 4.90 Å². The molecule has 1 fully saturated rings. The van der Waals surface area contributed by atoms with E-state index in [4.69, 9.17) is 5.11 Å². The Labute approximate surface area is 90.0 Å². The van der Waals surface area contributed by atoms with Gasteiger partial charge in [0, 0.05) is 12.5 Å². The molecule has 0 radical (unpaired) electrons. The second-order valence-corrected chi connectivity index (χ2v) is 4.39. The second-order valence-electron chi connectivity index (χ2n) is 4.39. The van der Waals surface area contributed by atoms with Gasteiger partial charge in [-0.15, -0.1) is 0 Å².